The van der Waals surface area contributed by atoms with Crippen LogP contribution in [0.5, 0.6) is 0 Å². The Bertz CT molecular complexity index is 880. The minimum atomic E-state index is -4.65. The Morgan fingerprint density at radius 1 is 1.03 bits per heavy atom. The molecule has 1 aliphatic rings. The lowest BCUT2D eigenvalue weighted by Gasteiger charge is -2.36. The van der Waals surface area contributed by atoms with E-state index in [1.165, 1.54) is 0 Å². The number of halogens is 3. The van der Waals surface area contributed by atoms with Gasteiger partial charge in [0.15, 0.2) is 0 Å². The van der Waals surface area contributed by atoms with E-state index in [1.807, 2.05) is 30.3 Å². The lowest BCUT2D eigenvalue weighted by atomic mass is 10.1. The highest BCUT2D eigenvalue weighted by molar-refractivity contribution is 5.77. The van der Waals surface area contributed by atoms with Gasteiger partial charge in [0.1, 0.15) is 5.69 Å². The maximum Gasteiger partial charge on any atom is 0.416 e. The van der Waals surface area contributed by atoms with Gasteiger partial charge in [-0.2, -0.15) is 13.2 Å². The third-order valence-electron chi connectivity index (χ3n) is 4.94. The zero-order valence-electron chi connectivity index (χ0n) is 15.6. The Labute approximate surface area is 165 Å². The van der Waals surface area contributed by atoms with Crippen LogP contribution in [0, 0.1) is 10.1 Å². The predicted octanol–water partition coefficient (Wildman–Crippen LogP) is 3.90. The summed E-state index contributed by atoms with van der Waals surface area (Å²) in [6.45, 7) is 1.38. The van der Waals surface area contributed by atoms with E-state index in [4.69, 9.17) is 0 Å². The smallest absolute Gasteiger partial charge is 0.362 e. The number of benzene rings is 2. The molecule has 0 unspecified atom stereocenters. The monoisotopic (exact) mass is 407 g/mol. The second-order valence-electron chi connectivity index (χ2n) is 6.81. The highest BCUT2D eigenvalue weighted by atomic mass is 19.4. The Hall–Kier alpha value is -3.10. The maximum atomic E-state index is 12.9. The predicted molar refractivity (Wildman–Crippen MR) is 102 cm³/mol. The fourth-order valence-corrected chi connectivity index (χ4v) is 3.36. The molecule has 2 aromatic carbocycles. The normalized spacial score (nSPS) is 14.7. The molecule has 1 heterocycles. The summed E-state index contributed by atoms with van der Waals surface area (Å²) in [7, 11) is 0. The SMILES string of the molecule is O=C(CCc1ccccc1)N1CCN(c2ccc(C(F)(F)F)cc2[N+](=O)[O-])CC1. The second kappa shape index (κ2) is 8.50. The first kappa shape index (κ1) is 20.6. The molecule has 0 atom stereocenters. The zero-order valence-corrected chi connectivity index (χ0v) is 15.6. The van der Waals surface area contributed by atoms with Crippen molar-refractivity contribution in [3.63, 3.8) is 0 Å². The first-order chi connectivity index (χ1) is 13.8. The average Bonchev–Trinajstić information content (AvgIpc) is 2.71. The van der Waals surface area contributed by atoms with E-state index in [1.54, 1.807) is 9.80 Å². The lowest BCUT2D eigenvalue weighted by molar-refractivity contribution is -0.384. The number of piperazine rings is 1. The molecule has 0 aliphatic carbocycles. The highest BCUT2D eigenvalue weighted by Gasteiger charge is 2.34. The van der Waals surface area contributed by atoms with Crippen molar-refractivity contribution >= 4 is 17.3 Å². The molecule has 1 amide bonds. The third kappa shape index (κ3) is 5.04. The van der Waals surface area contributed by atoms with E-state index in [0.29, 0.717) is 45.1 Å². The molecule has 1 saturated heterocycles. The molecule has 0 saturated carbocycles. The van der Waals surface area contributed by atoms with Crippen molar-refractivity contribution in [1.82, 2.24) is 4.90 Å². The van der Waals surface area contributed by atoms with Crippen molar-refractivity contribution in [3.8, 4) is 0 Å². The van der Waals surface area contributed by atoms with Gasteiger partial charge in [0.25, 0.3) is 5.69 Å². The van der Waals surface area contributed by atoms with Crippen LogP contribution < -0.4 is 4.90 Å². The Balaban J connectivity index is 1.63. The topological polar surface area (TPSA) is 66.7 Å². The number of hydrogen-bond donors (Lipinski definition) is 0. The summed E-state index contributed by atoms with van der Waals surface area (Å²) in [5.74, 6) is -0.00424. The molecule has 0 spiro atoms. The number of nitro benzene ring substituents is 1. The van der Waals surface area contributed by atoms with Crippen LogP contribution in [0.15, 0.2) is 48.5 Å². The minimum Gasteiger partial charge on any atom is -0.362 e. The number of aryl methyl sites for hydroxylation is 1. The van der Waals surface area contributed by atoms with Crippen LogP contribution in [-0.2, 0) is 17.4 Å². The molecule has 6 nitrogen and oxygen atoms in total. The summed E-state index contributed by atoms with van der Waals surface area (Å²) in [5, 5.41) is 11.3. The molecule has 154 valence electrons. The number of anilines is 1. The molecule has 1 aliphatic heterocycles. The van der Waals surface area contributed by atoms with Crippen LogP contribution in [0.4, 0.5) is 24.5 Å². The number of nitrogens with zero attached hydrogens (tertiary/aromatic N) is 3. The van der Waals surface area contributed by atoms with Gasteiger partial charge in [0.2, 0.25) is 5.91 Å². The average molecular weight is 407 g/mol. The summed E-state index contributed by atoms with van der Waals surface area (Å²) >= 11 is 0. The number of carbonyl (C=O) groups excluding carboxylic acids is 1. The summed E-state index contributed by atoms with van der Waals surface area (Å²) in [5.41, 5.74) is -0.425. The summed E-state index contributed by atoms with van der Waals surface area (Å²) in [4.78, 5) is 26.2. The number of carbonyl (C=O) groups is 1. The van der Waals surface area contributed by atoms with Crippen molar-refractivity contribution in [1.29, 1.82) is 0 Å². The quantitative estimate of drug-likeness (QED) is 0.557. The van der Waals surface area contributed by atoms with Gasteiger partial charge in [0.05, 0.1) is 10.5 Å². The van der Waals surface area contributed by atoms with Crippen molar-refractivity contribution in [2.45, 2.75) is 19.0 Å². The second-order valence-corrected chi connectivity index (χ2v) is 6.81. The van der Waals surface area contributed by atoms with Crippen LogP contribution in [-0.4, -0.2) is 41.9 Å². The maximum absolute atomic E-state index is 12.9. The molecule has 0 aromatic heterocycles. The Kier molecular flexibility index (Phi) is 6.05. The van der Waals surface area contributed by atoms with Gasteiger partial charge >= 0.3 is 6.18 Å². The molecule has 29 heavy (non-hydrogen) atoms. The fourth-order valence-electron chi connectivity index (χ4n) is 3.36. The van der Waals surface area contributed by atoms with E-state index < -0.39 is 22.4 Å². The standard InChI is InChI=1S/C20H20F3N3O3/c21-20(22,23)16-7-8-17(18(14-16)26(28)29)24-10-12-25(13-11-24)19(27)9-6-15-4-2-1-3-5-15/h1-5,7-8,14H,6,9-13H2. The molecular formula is C20H20F3N3O3. The van der Waals surface area contributed by atoms with Gasteiger partial charge in [-0.25, -0.2) is 0 Å². The van der Waals surface area contributed by atoms with Crippen molar-refractivity contribution in [3.05, 3.63) is 69.8 Å². The summed E-state index contributed by atoms with van der Waals surface area (Å²) in [6.07, 6.45) is -3.65. The third-order valence-corrected chi connectivity index (χ3v) is 4.94. The number of rotatable bonds is 5. The fraction of sp³-hybridized carbons (Fsp3) is 0.350. The lowest BCUT2D eigenvalue weighted by Crippen LogP contribution is -2.49. The first-order valence-electron chi connectivity index (χ1n) is 9.18. The number of amides is 1. The number of hydrogen-bond acceptors (Lipinski definition) is 4. The molecule has 0 bridgehead atoms. The van der Waals surface area contributed by atoms with Gasteiger partial charge in [0, 0.05) is 38.7 Å². The van der Waals surface area contributed by atoms with E-state index in [9.17, 15) is 28.1 Å². The Morgan fingerprint density at radius 2 is 1.69 bits per heavy atom. The van der Waals surface area contributed by atoms with Crippen molar-refractivity contribution in [2.75, 3.05) is 31.1 Å². The van der Waals surface area contributed by atoms with Crippen LogP contribution in [0.1, 0.15) is 17.5 Å². The van der Waals surface area contributed by atoms with E-state index >= 15 is 0 Å². The van der Waals surface area contributed by atoms with Gasteiger partial charge < -0.3 is 9.80 Å². The van der Waals surface area contributed by atoms with Crippen molar-refractivity contribution < 1.29 is 22.9 Å². The van der Waals surface area contributed by atoms with E-state index in [0.717, 1.165) is 17.7 Å². The molecule has 0 N–H and O–H groups in total. The van der Waals surface area contributed by atoms with Gasteiger partial charge in [-0.1, -0.05) is 30.3 Å². The number of nitro groups is 1. The van der Waals surface area contributed by atoms with Crippen LogP contribution in [0.3, 0.4) is 0 Å². The van der Waals surface area contributed by atoms with Crippen LogP contribution in [0.2, 0.25) is 0 Å². The van der Waals surface area contributed by atoms with E-state index in [-0.39, 0.29) is 11.6 Å². The molecule has 2 aromatic rings. The largest absolute Gasteiger partial charge is 0.416 e. The van der Waals surface area contributed by atoms with Crippen molar-refractivity contribution in [2.24, 2.45) is 0 Å². The summed E-state index contributed by atoms with van der Waals surface area (Å²) in [6, 6.07) is 12.2. The number of alkyl halides is 3. The molecule has 1 fully saturated rings. The van der Waals surface area contributed by atoms with E-state index in [2.05, 4.69) is 0 Å². The van der Waals surface area contributed by atoms with Crippen LogP contribution >= 0.6 is 0 Å². The highest BCUT2D eigenvalue weighted by Crippen LogP contribution is 2.36. The molecule has 3 rings (SSSR count). The van der Waals surface area contributed by atoms with Gasteiger partial charge in [-0.15, -0.1) is 0 Å². The zero-order chi connectivity index (χ0) is 21.0. The van der Waals surface area contributed by atoms with Crippen LogP contribution in [0.25, 0.3) is 0 Å². The minimum absolute atomic E-state index is 0.00424. The van der Waals surface area contributed by atoms with Gasteiger partial charge in [-0.3, -0.25) is 14.9 Å². The summed E-state index contributed by atoms with van der Waals surface area (Å²) < 4.78 is 38.6. The van der Waals surface area contributed by atoms with Gasteiger partial charge in [-0.05, 0) is 24.1 Å². The Morgan fingerprint density at radius 3 is 2.28 bits per heavy atom. The first-order valence-corrected chi connectivity index (χ1v) is 9.18. The molecule has 9 heteroatoms. The molecular weight excluding hydrogens is 387 g/mol. The molecule has 0 radical (unpaired) electrons.